The van der Waals surface area contributed by atoms with Gasteiger partial charge in [0, 0.05) is 17.9 Å². The molecule has 1 heterocycles. The third-order valence-corrected chi connectivity index (χ3v) is 3.56. The summed E-state index contributed by atoms with van der Waals surface area (Å²) in [7, 11) is 1.62. The highest BCUT2D eigenvalue weighted by Crippen LogP contribution is 2.30. The number of aryl methyl sites for hydroxylation is 1. The van der Waals surface area contributed by atoms with Gasteiger partial charge in [0.2, 0.25) is 5.91 Å². The standard InChI is InChI=1S/C14H20N2O3/c1-9-4-5-11(10(2)12(9)18-3)16-13(17)14(15)6-7-19-8-14/h4-5H,6-8,15H2,1-3H3,(H,16,17). The zero-order valence-corrected chi connectivity index (χ0v) is 11.6. The average Bonchev–Trinajstić information content (AvgIpc) is 2.82. The van der Waals surface area contributed by atoms with Gasteiger partial charge in [0.15, 0.2) is 0 Å². The maximum Gasteiger partial charge on any atom is 0.246 e. The van der Waals surface area contributed by atoms with Gasteiger partial charge >= 0.3 is 0 Å². The van der Waals surface area contributed by atoms with Crippen LogP contribution in [0.15, 0.2) is 12.1 Å². The number of amides is 1. The lowest BCUT2D eigenvalue weighted by atomic mass is 9.98. The Hall–Kier alpha value is -1.59. The van der Waals surface area contributed by atoms with Gasteiger partial charge in [-0.2, -0.15) is 0 Å². The van der Waals surface area contributed by atoms with Gasteiger partial charge in [-0.1, -0.05) is 6.07 Å². The van der Waals surface area contributed by atoms with E-state index in [0.717, 1.165) is 22.6 Å². The van der Waals surface area contributed by atoms with Crippen molar-refractivity contribution in [3.05, 3.63) is 23.3 Å². The number of rotatable bonds is 3. The van der Waals surface area contributed by atoms with Gasteiger partial charge < -0.3 is 20.5 Å². The summed E-state index contributed by atoms with van der Waals surface area (Å²) in [6.07, 6.45) is 0.543. The van der Waals surface area contributed by atoms with Crippen molar-refractivity contribution in [3.63, 3.8) is 0 Å². The number of carbonyl (C=O) groups is 1. The fraction of sp³-hybridized carbons (Fsp3) is 0.500. The van der Waals surface area contributed by atoms with E-state index >= 15 is 0 Å². The third kappa shape index (κ3) is 2.57. The Morgan fingerprint density at radius 1 is 1.47 bits per heavy atom. The monoisotopic (exact) mass is 264 g/mol. The van der Waals surface area contributed by atoms with Crippen molar-refractivity contribution < 1.29 is 14.3 Å². The Kier molecular flexibility index (Phi) is 3.78. The molecule has 1 saturated heterocycles. The number of nitrogens with one attached hydrogen (secondary N) is 1. The molecule has 0 bridgehead atoms. The molecule has 1 aromatic rings. The van der Waals surface area contributed by atoms with E-state index in [-0.39, 0.29) is 12.5 Å². The maximum absolute atomic E-state index is 12.2. The highest BCUT2D eigenvalue weighted by Gasteiger charge is 2.38. The maximum atomic E-state index is 12.2. The third-order valence-electron chi connectivity index (χ3n) is 3.56. The van der Waals surface area contributed by atoms with Crippen molar-refractivity contribution in [1.29, 1.82) is 0 Å². The Morgan fingerprint density at radius 2 is 2.21 bits per heavy atom. The van der Waals surface area contributed by atoms with Crippen LogP contribution in [0.4, 0.5) is 5.69 Å². The predicted octanol–water partition coefficient (Wildman–Crippen LogP) is 1.37. The summed E-state index contributed by atoms with van der Waals surface area (Å²) in [6, 6.07) is 3.78. The normalized spacial score (nSPS) is 22.3. The highest BCUT2D eigenvalue weighted by molar-refractivity contribution is 5.99. The molecule has 5 nitrogen and oxygen atoms in total. The van der Waals surface area contributed by atoms with E-state index in [0.29, 0.717) is 13.0 Å². The molecule has 0 aliphatic carbocycles. The van der Waals surface area contributed by atoms with Crippen LogP contribution in [-0.4, -0.2) is 31.8 Å². The molecule has 19 heavy (non-hydrogen) atoms. The van der Waals surface area contributed by atoms with Crippen molar-refractivity contribution in [2.45, 2.75) is 25.8 Å². The van der Waals surface area contributed by atoms with Crippen LogP contribution >= 0.6 is 0 Å². The lowest BCUT2D eigenvalue weighted by Crippen LogP contribution is -2.51. The fourth-order valence-corrected chi connectivity index (χ4v) is 2.28. The molecule has 0 aromatic heterocycles. The van der Waals surface area contributed by atoms with Gasteiger partial charge in [-0.05, 0) is 31.9 Å². The van der Waals surface area contributed by atoms with Crippen molar-refractivity contribution in [2.75, 3.05) is 25.6 Å². The smallest absolute Gasteiger partial charge is 0.246 e. The lowest BCUT2D eigenvalue weighted by molar-refractivity contribution is -0.121. The van der Waals surface area contributed by atoms with Crippen LogP contribution in [0.25, 0.3) is 0 Å². The van der Waals surface area contributed by atoms with Crippen LogP contribution in [0.5, 0.6) is 5.75 Å². The van der Waals surface area contributed by atoms with Gasteiger partial charge in [-0.3, -0.25) is 4.79 Å². The number of ether oxygens (including phenoxy) is 2. The van der Waals surface area contributed by atoms with E-state index in [4.69, 9.17) is 15.2 Å². The van der Waals surface area contributed by atoms with Gasteiger partial charge in [0.05, 0.1) is 13.7 Å². The summed E-state index contributed by atoms with van der Waals surface area (Å²) < 4.78 is 10.5. The molecule has 1 aliphatic rings. The first-order valence-electron chi connectivity index (χ1n) is 6.30. The van der Waals surface area contributed by atoms with Crippen LogP contribution < -0.4 is 15.8 Å². The number of hydrogen-bond donors (Lipinski definition) is 2. The minimum Gasteiger partial charge on any atom is -0.496 e. The Balaban J connectivity index is 2.22. The highest BCUT2D eigenvalue weighted by atomic mass is 16.5. The molecule has 5 heteroatoms. The molecule has 1 fully saturated rings. The van der Waals surface area contributed by atoms with Crippen LogP contribution in [0.2, 0.25) is 0 Å². The largest absolute Gasteiger partial charge is 0.496 e. The topological polar surface area (TPSA) is 73.6 Å². The number of nitrogens with two attached hydrogens (primary N) is 1. The van der Waals surface area contributed by atoms with Crippen molar-refractivity contribution >= 4 is 11.6 Å². The summed E-state index contributed by atoms with van der Waals surface area (Å²) in [6.45, 7) is 4.67. The van der Waals surface area contributed by atoms with Crippen LogP contribution in [-0.2, 0) is 9.53 Å². The molecule has 1 aliphatic heterocycles. The van der Waals surface area contributed by atoms with Gasteiger partial charge in [0.25, 0.3) is 0 Å². The van der Waals surface area contributed by atoms with Gasteiger partial charge in [0.1, 0.15) is 11.3 Å². The molecule has 1 aromatic carbocycles. The molecule has 0 saturated carbocycles. The van der Waals surface area contributed by atoms with Crippen molar-refractivity contribution in [1.82, 2.24) is 0 Å². The first-order valence-corrected chi connectivity index (χ1v) is 6.30. The van der Waals surface area contributed by atoms with Crippen LogP contribution in [0, 0.1) is 13.8 Å². The molecule has 0 spiro atoms. The van der Waals surface area contributed by atoms with E-state index in [1.165, 1.54) is 0 Å². The Labute approximate surface area is 113 Å². The summed E-state index contributed by atoms with van der Waals surface area (Å²) in [5.74, 6) is 0.575. The minimum atomic E-state index is -0.926. The SMILES string of the molecule is COc1c(C)ccc(NC(=O)C2(N)CCOC2)c1C. The molecular formula is C14H20N2O3. The number of benzene rings is 1. The van der Waals surface area contributed by atoms with Gasteiger partial charge in [-0.25, -0.2) is 0 Å². The number of hydrogen-bond acceptors (Lipinski definition) is 4. The Bertz CT molecular complexity index is 494. The average molecular weight is 264 g/mol. The quantitative estimate of drug-likeness (QED) is 0.864. The van der Waals surface area contributed by atoms with E-state index in [9.17, 15) is 4.79 Å². The van der Waals surface area contributed by atoms with Crippen molar-refractivity contribution in [3.8, 4) is 5.75 Å². The van der Waals surface area contributed by atoms with Crippen molar-refractivity contribution in [2.24, 2.45) is 5.73 Å². The molecule has 3 N–H and O–H groups in total. The lowest BCUT2D eigenvalue weighted by Gasteiger charge is -2.22. The molecular weight excluding hydrogens is 244 g/mol. The summed E-state index contributed by atoms with van der Waals surface area (Å²) >= 11 is 0. The first kappa shape index (κ1) is 13.8. The fourth-order valence-electron chi connectivity index (χ4n) is 2.28. The number of methoxy groups -OCH3 is 1. The van der Waals surface area contributed by atoms with E-state index in [1.54, 1.807) is 7.11 Å². The van der Waals surface area contributed by atoms with Gasteiger partial charge in [-0.15, -0.1) is 0 Å². The van der Waals surface area contributed by atoms with Crippen LogP contribution in [0.1, 0.15) is 17.5 Å². The number of anilines is 1. The van der Waals surface area contributed by atoms with E-state index < -0.39 is 5.54 Å². The second-order valence-electron chi connectivity index (χ2n) is 5.00. The zero-order chi connectivity index (χ0) is 14.0. The second kappa shape index (κ2) is 5.19. The van der Waals surface area contributed by atoms with E-state index in [1.807, 2.05) is 26.0 Å². The Morgan fingerprint density at radius 3 is 2.79 bits per heavy atom. The predicted molar refractivity (Wildman–Crippen MR) is 73.5 cm³/mol. The van der Waals surface area contributed by atoms with E-state index in [2.05, 4.69) is 5.32 Å². The molecule has 0 radical (unpaired) electrons. The molecule has 2 rings (SSSR count). The summed E-state index contributed by atoms with van der Waals surface area (Å²) in [5, 5.41) is 2.87. The molecule has 1 atom stereocenters. The molecule has 1 amide bonds. The van der Waals surface area contributed by atoms with Crippen LogP contribution in [0.3, 0.4) is 0 Å². The molecule has 104 valence electrons. The minimum absolute atomic E-state index is 0.209. The molecule has 1 unspecified atom stereocenters. The first-order chi connectivity index (χ1) is 8.98. The zero-order valence-electron chi connectivity index (χ0n) is 11.6. The number of carbonyl (C=O) groups excluding carboxylic acids is 1. The second-order valence-corrected chi connectivity index (χ2v) is 5.00. The summed E-state index contributed by atoms with van der Waals surface area (Å²) in [5.41, 5.74) is 7.77. The summed E-state index contributed by atoms with van der Waals surface area (Å²) in [4.78, 5) is 12.2.